The molecule has 0 aromatic heterocycles. The predicted molar refractivity (Wildman–Crippen MR) is 309 cm³/mol. The van der Waals surface area contributed by atoms with Crippen molar-refractivity contribution in [3.05, 3.63) is 59.2 Å². The van der Waals surface area contributed by atoms with Gasteiger partial charge in [-0.2, -0.15) is 4.31 Å². The first kappa shape index (κ1) is 73.6. The number of likely N-dealkylation sites (N-methyl/N-ethyl adjacent to an activating group) is 2. The number of unbranched alkanes of at least 4 members (excludes halogenated alkanes) is 5. The molecule has 0 aliphatic carbocycles. The van der Waals surface area contributed by atoms with E-state index >= 15 is 0 Å². The first-order valence-corrected chi connectivity index (χ1v) is 31.4. The third-order valence-corrected chi connectivity index (χ3v) is 16.6. The summed E-state index contributed by atoms with van der Waals surface area (Å²) in [5, 5.41) is 10.7. The lowest BCUT2D eigenvalue weighted by Crippen LogP contribution is -2.57. The van der Waals surface area contributed by atoms with Crippen molar-refractivity contribution < 1.29 is 84.8 Å². The normalized spacial score (nSPS) is 25.4. The number of carbonyl (C=O) groups is 8. The van der Waals surface area contributed by atoms with Crippen molar-refractivity contribution in [2.75, 3.05) is 46.9 Å². The lowest BCUT2D eigenvalue weighted by molar-refractivity contribution is -0.155. The standard InChI is InChI=1S/C56H93N7O18P2/c1-13-37(5)48-51(66)60-42(10)55(70)80-49(38(6)14-2)40(8)45(79-56(71)58-30-22-15-16-23-31-76-82(72,73)81-83(74,75)77-32-24-18-21-29-57)28-27-39(7)54(69)78-46(33-36(3)4)50(65)59-41(9)52(67)63(12)44(34-43-25-19-17-20-26-43)53(68)62(11)35-47(64)61-48/h14,17,19-20,25-27,36-37,40-42,44-46,48-49H,13,15-16,18,21-24,28-35,57H2,1-12H3,(H,58,71)(H,59,65)(H,60,66)(H,61,64)(H,72,73)(H,74,75)/b38-14+,39-27+/t37?,40-,41-,42+,44+,45-,46+,48-,49?/m0/s1. The summed E-state index contributed by atoms with van der Waals surface area (Å²) in [5.41, 5.74) is 6.70. The predicted octanol–water partition coefficient (Wildman–Crippen LogP) is 5.91. The molecule has 0 bridgehead atoms. The number of nitrogens with zero attached hydrogens (tertiary/aromatic N) is 2. The van der Waals surface area contributed by atoms with Gasteiger partial charge in [0.15, 0.2) is 6.10 Å². The van der Waals surface area contributed by atoms with Crippen LogP contribution in [0.3, 0.4) is 0 Å². The number of allylic oxidation sites excluding steroid dienone is 1. The number of amides is 6. The molecule has 8 N–H and O–H groups in total. The minimum Gasteiger partial charge on any atom is -0.456 e. The number of cyclic esters (lactones) is 2. The Bertz CT molecular complexity index is 2450. The Balaban J connectivity index is 2.47. The van der Waals surface area contributed by atoms with E-state index in [1.165, 1.54) is 45.8 Å². The Morgan fingerprint density at radius 2 is 1.43 bits per heavy atom. The van der Waals surface area contributed by atoms with Crippen molar-refractivity contribution in [3.63, 3.8) is 0 Å². The average molecular weight is 1210 g/mol. The van der Waals surface area contributed by atoms with Crippen LogP contribution in [-0.4, -0.2) is 157 Å². The van der Waals surface area contributed by atoms with Crippen molar-refractivity contribution in [1.82, 2.24) is 31.1 Å². The van der Waals surface area contributed by atoms with Crippen LogP contribution < -0.4 is 27.0 Å². The highest BCUT2D eigenvalue weighted by Gasteiger charge is 2.39. The number of alkyl carbamates (subject to hydrolysis) is 1. The molecule has 0 fully saturated rings. The molecule has 1 aromatic rings. The molecule has 2 rings (SSSR count). The number of nitrogens with one attached hydrogen (secondary N) is 4. The van der Waals surface area contributed by atoms with E-state index in [-0.39, 0.29) is 56.9 Å². The van der Waals surface area contributed by atoms with E-state index in [1.54, 1.807) is 64.1 Å². The molecule has 11 atom stereocenters. The lowest BCUT2D eigenvalue weighted by atomic mass is 9.90. The van der Waals surface area contributed by atoms with Crippen molar-refractivity contribution in [3.8, 4) is 0 Å². The summed E-state index contributed by atoms with van der Waals surface area (Å²) in [7, 11) is -7.01. The number of ether oxygens (including phenoxy) is 3. The highest BCUT2D eigenvalue weighted by atomic mass is 31.3. The van der Waals surface area contributed by atoms with Gasteiger partial charge in [0.05, 0.1) is 19.8 Å². The zero-order valence-electron chi connectivity index (χ0n) is 50.4. The van der Waals surface area contributed by atoms with Crippen LogP contribution in [0.15, 0.2) is 53.6 Å². The van der Waals surface area contributed by atoms with Crippen LogP contribution in [0.1, 0.15) is 139 Å². The van der Waals surface area contributed by atoms with Gasteiger partial charge in [-0.3, -0.25) is 33.0 Å². The molecule has 1 heterocycles. The van der Waals surface area contributed by atoms with Crippen LogP contribution in [-0.2, 0) is 76.7 Å². The van der Waals surface area contributed by atoms with E-state index in [1.807, 2.05) is 20.8 Å². The maximum atomic E-state index is 14.3. The Labute approximate surface area is 489 Å². The maximum absolute atomic E-state index is 14.3. The summed E-state index contributed by atoms with van der Waals surface area (Å²) >= 11 is 0. The second-order valence-electron chi connectivity index (χ2n) is 21.5. The Morgan fingerprint density at radius 1 is 0.843 bits per heavy atom. The Kier molecular flexibility index (Phi) is 32.8. The van der Waals surface area contributed by atoms with E-state index < -0.39 is 124 Å². The average Bonchev–Trinajstić information content (AvgIpc) is 3.49. The molecule has 0 radical (unpaired) electrons. The van der Waals surface area contributed by atoms with E-state index in [0.717, 1.165) is 4.90 Å². The number of carbonyl (C=O) groups excluding carboxylic acids is 8. The van der Waals surface area contributed by atoms with E-state index in [0.29, 0.717) is 62.6 Å². The van der Waals surface area contributed by atoms with Gasteiger partial charge in [-0.15, -0.1) is 0 Å². The molecular formula is C56H93N7O18P2. The van der Waals surface area contributed by atoms with Crippen molar-refractivity contribution in [2.45, 2.75) is 182 Å². The van der Waals surface area contributed by atoms with Crippen molar-refractivity contribution in [1.29, 1.82) is 0 Å². The molecule has 470 valence electrons. The number of phosphoric acid groups is 2. The minimum absolute atomic E-state index is 0.0286. The molecule has 83 heavy (non-hydrogen) atoms. The van der Waals surface area contributed by atoms with Crippen molar-refractivity contribution in [2.24, 2.45) is 23.5 Å². The van der Waals surface area contributed by atoms with Gasteiger partial charge in [-0.25, -0.2) is 23.5 Å². The summed E-state index contributed by atoms with van der Waals surface area (Å²) in [6.45, 7) is 16.1. The quantitative estimate of drug-likeness (QED) is 0.0208. The number of benzene rings is 1. The molecule has 0 spiro atoms. The highest BCUT2D eigenvalue weighted by Crippen LogP contribution is 2.60. The fourth-order valence-corrected chi connectivity index (χ4v) is 10.7. The van der Waals surface area contributed by atoms with Gasteiger partial charge >= 0.3 is 33.7 Å². The fraction of sp³-hybridized carbons (Fsp3) is 0.679. The van der Waals surface area contributed by atoms with Crippen LogP contribution in [0, 0.1) is 17.8 Å². The van der Waals surface area contributed by atoms with Crippen LogP contribution >= 0.6 is 15.6 Å². The van der Waals surface area contributed by atoms with Gasteiger partial charge in [-0.05, 0) is 103 Å². The third-order valence-electron chi connectivity index (χ3n) is 14.0. The fourth-order valence-electron chi connectivity index (χ4n) is 8.60. The lowest BCUT2D eigenvalue weighted by Gasteiger charge is -2.33. The largest absolute Gasteiger partial charge is 0.481 e. The van der Waals surface area contributed by atoms with E-state index in [9.17, 15) is 57.3 Å². The zero-order valence-corrected chi connectivity index (χ0v) is 52.2. The molecule has 1 aromatic carbocycles. The van der Waals surface area contributed by atoms with Gasteiger partial charge in [0.25, 0.3) is 5.91 Å². The van der Waals surface area contributed by atoms with Crippen LogP contribution in [0.25, 0.3) is 0 Å². The minimum atomic E-state index is -4.94. The first-order valence-electron chi connectivity index (χ1n) is 28.4. The summed E-state index contributed by atoms with van der Waals surface area (Å²) in [4.78, 5) is 134. The third kappa shape index (κ3) is 26.9. The SMILES string of the molecule is C/C=C(\C)C1OC(=O)[C@@H](C)NC(=O)[C@H](C(C)CC)NC(=O)CN(C)C(=O)[C@@H](Cc2ccccc2)N(C)C(=O)[C@H](C)NC(=O)[C@@H](CC(C)C)OC(=O)/C(C)=C/C[C@H](OC(=O)NCCCCCCOP(=O)(O)OP(=O)(O)OCCCCCN)[C@@H]1C. The number of phosphoric ester groups is 2. The van der Waals surface area contributed by atoms with Gasteiger partial charge < -0.3 is 60.8 Å². The topological polar surface area (TPSA) is 347 Å². The van der Waals surface area contributed by atoms with E-state index in [4.69, 9.17) is 29.0 Å². The Hall–Kier alpha value is -5.52. The summed E-state index contributed by atoms with van der Waals surface area (Å²) in [5.74, 6) is -6.64. The summed E-state index contributed by atoms with van der Waals surface area (Å²) in [6.07, 6.45) is 2.46. The number of hydrogen-bond donors (Lipinski definition) is 7. The van der Waals surface area contributed by atoms with Crippen LogP contribution in [0.2, 0.25) is 0 Å². The molecule has 25 nitrogen and oxygen atoms in total. The number of hydrogen-bond acceptors (Lipinski definition) is 17. The van der Waals surface area contributed by atoms with Gasteiger partial charge in [0.2, 0.25) is 23.6 Å². The monoisotopic (exact) mass is 1210 g/mol. The summed E-state index contributed by atoms with van der Waals surface area (Å²) < 4.78 is 56.2. The molecule has 1 aliphatic rings. The molecule has 0 saturated heterocycles. The van der Waals surface area contributed by atoms with Crippen molar-refractivity contribution >= 4 is 63.2 Å². The second-order valence-corrected chi connectivity index (χ2v) is 24.5. The Morgan fingerprint density at radius 3 is 2.01 bits per heavy atom. The smallest absolute Gasteiger partial charge is 0.456 e. The molecule has 0 saturated carbocycles. The maximum Gasteiger partial charge on any atom is 0.481 e. The van der Waals surface area contributed by atoms with E-state index in [2.05, 4.69) is 25.6 Å². The number of esters is 2. The number of nitrogens with two attached hydrogens (primary N) is 1. The van der Waals surface area contributed by atoms with Gasteiger partial charge in [0.1, 0.15) is 36.4 Å². The van der Waals surface area contributed by atoms with Crippen LogP contribution in [0.5, 0.6) is 0 Å². The van der Waals surface area contributed by atoms with Crippen LogP contribution in [0.4, 0.5) is 4.79 Å². The zero-order chi connectivity index (χ0) is 62.6. The summed E-state index contributed by atoms with van der Waals surface area (Å²) in [6, 6.07) is 4.07. The molecule has 6 amide bonds. The molecule has 1 aliphatic heterocycles. The van der Waals surface area contributed by atoms with Gasteiger partial charge in [-0.1, -0.05) is 96.4 Å². The molecular weight excluding hydrogens is 1120 g/mol. The van der Waals surface area contributed by atoms with Gasteiger partial charge in [0, 0.05) is 45.0 Å². The highest BCUT2D eigenvalue weighted by molar-refractivity contribution is 7.61. The first-order chi connectivity index (χ1) is 39.0. The molecule has 4 unspecified atom stereocenters. The second kappa shape index (κ2) is 37.0. The molecule has 27 heteroatoms. The number of rotatable bonds is 24.